The number of hydrogen-bond acceptors (Lipinski definition) is 2. The van der Waals surface area contributed by atoms with E-state index in [0.717, 1.165) is 0 Å². The van der Waals surface area contributed by atoms with Gasteiger partial charge in [-0.05, 0) is 29.7 Å². The van der Waals surface area contributed by atoms with Crippen LogP contribution in [0.2, 0.25) is 0 Å². The van der Waals surface area contributed by atoms with Gasteiger partial charge in [-0.2, -0.15) is 5.26 Å². The van der Waals surface area contributed by atoms with Crippen LogP contribution in [0.25, 0.3) is 10.8 Å². The summed E-state index contributed by atoms with van der Waals surface area (Å²) in [5, 5.41) is 18.7. The Hall–Kier alpha value is -2.08. The molecular formula is C11H6FNO. The standard InChI is InChI=1S/C11H6FNO/c12-11-8(6-13)2-1-7-5-9(14)3-4-10(7)11/h1-5,14H. The van der Waals surface area contributed by atoms with Crippen molar-refractivity contribution in [1.29, 1.82) is 5.26 Å². The van der Waals surface area contributed by atoms with Crippen LogP contribution < -0.4 is 0 Å². The lowest BCUT2D eigenvalue weighted by atomic mass is 10.1. The van der Waals surface area contributed by atoms with Crippen molar-refractivity contribution in [2.24, 2.45) is 0 Å². The molecule has 0 bridgehead atoms. The molecule has 0 saturated carbocycles. The molecule has 0 radical (unpaired) electrons. The van der Waals surface area contributed by atoms with Gasteiger partial charge in [-0.15, -0.1) is 0 Å². The van der Waals surface area contributed by atoms with Crippen molar-refractivity contribution >= 4 is 10.8 Å². The van der Waals surface area contributed by atoms with Crippen LogP contribution in [0.1, 0.15) is 5.56 Å². The van der Waals surface area contributed by atoms with E-state index >= 15 is 0 Å². The van der Waals surface area contributed by atoms with Crippen molar-refractivity contribution in [3.05, 3.63) is 41.7 Å². The summed E-state index contributed by atoms with van der Waals surface area (Å²) in [4.78, 5) is 0. The minimum atomic E-state index is -0.537. The molecule has 0 aliphatic carbocycles. The molecule has 2 nitrogen and oxygen atoms in total. The van der Waals surface area contributed by atoms with Gasteiger partial charge in [0.25, 0.3) is 0 Å². The van der Waals surface area contributed by atoms with Gasteiger partial charge in [0, 0.05) is 5.39 Å². The minimum Gasteiger partial charge on any atom is -0.508 e. The Labute approximate surface area is 79.8 Å². The topological polar surface area (TPSA) is 44.0 Å². The van der Waals surface area contributed by atoms with Crippen molar-refractivity contribution < 1.29 is 9.50 Å². The normalized spacial score (nSPS) is 10.0. The molecule has 0 aromatic heterocycles. The van der Waals surface area contributed by atoms with Crippen LogP contribution >= 0.6 is 0 Å². The maximum Gasteiger partial charge on any atom is 0.148 e. The first-order valence-corrected chi connectivity index (χ1v) is 4.03. The third-order valence-electron chi connectivity index (χ3n) is 2.06. The SMILES string of the molecule is N#Cc1ccc2cc(O)ccc2c1F. The van der Waals surface area contributed by atoms with Crippen molar-refractivity contribution in [1.82, 2.24) is 0 Å². The highest BCUT2D eigenvalue weighted by Gasteiger charge is 2.06. The summed E-state index contributed by atoms with van der Waals surface area (Å²) < 4.78 is 13.5. The molecule has 2 rings (SSSR count). The number of benzene rings is 2. The molecule has 0 aliphatic heterocycles. The zero-order chi connectivity index (χ0) is 10.1. The lowest BCUT2D eigenvalue weighted by Gasteiger charge is -2.01. The van der Waals surface area contributed by atoms with E-state index in [1.807, 2.05) is 0 Å². The summed E-state index contributed by atoms with van der Waals surface area (Å²) >= 11 is 0. The first-order valence-electron chi connectivity index (χ1n) is 4.03. The molecule has 68 valence electrons. The van der Waals surface area contributed by atoms with Gasteiger partial charge in [0.05, 0.1) is 5.56 Å². The molecule has 0 saturated heterocycles. The monoisotopic (exact) mass is 187 g/mol. The number of aromatic hydroxyl groups is 1. The minimum absolute atomic E-state index is 0.0168. The molecule has 2 aromatic rings. The van der Waals surface area contributed by atoms with Crippen LogP contribution in [-0.2, 0) is 0 Å². The van der Waals surface area contributed by atoms with Crippen molar-refractivity contribution in [2.45, 2.75) is 0 Å². The molecule has 0 atom stereocenters. The van der Waals surface area contributed by atoms with Crippen LogP contribution in [0.15, 0.2) is 30.3 Å². The quantitative estimate of drug-likeness (QED) is 0.688. The molecule has 0 amide bonds. The lowest BCUT2D eigenvalue weighted by molar-refractivity contribution is 0.476. The number of halogens is 1. The van der Waals surface area contributed by atoms with Gasteiger partial charge in [0.2, 0.25) is 0 Å². The van der Waals surface area contributed by atoms with Crippen molar-refractivity contribution in [3.8, 4) is 11.8 Å². The molecule has 14 heavy (non-hydrogen) atoms. The first kappa shape index (κ1) is 8.52. The van der Waals surface area contributed by atoms with E-state index in [1.165, 1.54) is 24.3 Å². The molecule has 0 aliphatic rings. The van der Waals surface area contributed by atoms with Crippen molar-refractivity contribution in [2.75, 3.05) is 0 Å². The van der Waals surface area contributed by atoms with Gasteiger partial charge in [-0.3, -0.25) is 0 Å². The van der Waals surface area contributed by atoms with Crippen LogP contribution in [0.5, 0.6) is 5.75 Å². The maximum absolute atomic E-state index is 13.5. The second-order valence-corrected chi connectivity index (χ2v) is 2.94. The second kappa shape index (κ2) is 3.00. The average Bonchev–Trinajstić information content (AvgIpc) is 2.18. The van der Waals surface area contributed by atoms with E-state index in [2.05, 4.69) is 0 Å². The number of phenolic OH excluding ortho intramolecular Hbond substituents is 1. The molecule has 0 unspecified atom stereocenters. The lowest BCUT2D eigenvalue weighted by Crippen LogP contribution is -1.85. The predicted octanol–water partition coefficient (Wildman–Crippen LogP) is 2.56. The van der Waals surface area contributed by atoms with E-state index in [4.69, 9.17) is 10.4 Å². The smallest absolute Gasteiger partial charge is 0.148 e. The fourth-order valence-electron chi connectivity index (χ4n) is 1.37. The van der Waals surface area contributed by atoms with Crippen LogP contribution in [0, 0.1) is 17.1 Å². The van der Waals surface area contributed by atoms with Crippen LogP contribution in [-0.4, -0.2) is 5.11 Å². The van der Waals surface area contributed by atoms with Gasteiger partial charge >= 0.3 is 0 Å². The summed E-state index contributed by atoms with van der Waals surface area (Å²) in [7, 11) is 0. The van der Waals surface area contributed by atoms with E-state index in [0.29, 0.717) is 10.8 Å². The number of nitriles is 1. The second-order valence-electron chi connectivity index (χ2n) is 2.94. The Kier molecular flexibility index (Phi) is 1.83. The van der Waals surface area contributed by atoms with E-state index in [9.17, 15) is 4.39 Å². The number of rotatable bonds is 0. The van der Waals surface area contributed by atoms with Gasteiger partial charge < -0.3 is 5.11 Å². The zero-order valence-corrected chi connectivity index (χ0v) is 7.16. The fraction of sp³-hybridized carbons (Fsp3) is 0. The summed E-state index contributed by atoms with van der Waals surface area (Å²) in [6.45, 7) is 0. The average molecular weight is 187 g/mol. The van der Waals surface area contributed by atoms with Gasteiger partial charge in [0.15, 0.2) is 0 Å². The van der Waals surface area contributed by atoms with E-state index in [-0.39, 0.29) is 11.3 Å². The Morgan fingerprint density at radius 1 is 1.21 bits per heavy atom. The summed E-state index contributed by atoms with van der Waals surface area (Å²) in [6.07, 6.45) is 0. The Bertz CT molecular complexity index is 543. The molecule has 0 heterocycles. The van der Waals surface area contributed by atoms with Crippen molar-refractivity contribution in [3.63, 3.8) is 0 Å². The van der Waals surface area contributed by atoms with Crippen LogP contribution in [0.3, 0.4) is 0 Å². The number of hydrogen-bond donors (Lipinski definition) is 1. The zero-order valence-electron chi connectivity index (χ0n) is 7.16. The van der Waals surface area contributed by atoms with Crippen LogP contribution in [0.4, 0.5) is 4.39 Å². The molecular weight excluding hydrogens is 181 g/mol. The predicted molar refractivity (Wildman–Crippen MR) is 50.3 cm³/mol. The highest BCUT2D eigenvalue weighted by atomic mass is 19.1. The summed E-state index contributed by atoms with van der Waals surface area (Å²) in [5.41, 5.74) is 0.0168. The summed E-state index contributed by atoms with van der Waals surface area (Å²) in [6, 6.07) is 9.08. The Morgan fingerprint density at radius 2 is 2.00 bits per heavy atom. The molecule has 3 heteroatoms. The largest absolute Gasteiger partial charge is 0.508 e. The van der Waals surface area contributed by atoms with Gasteiger partial charge in [-0.25, -0.2) is 4.39 Å². The Morgan fingerprint density at radius 3 is 2.71 bits per heavy atom. The van der Waals surface area contributed by atoms with Gasteiger partial charge in [-0.1, -0.05) is 6.07 Å². The summed E-state index contributed by atoms with van der Waals surface area (Å²) in [5.74, 6) is -0.452. The first-order chi connectivity index (χ1) is 6.72. The molecule has 1 N–H and O–H groups in total. The Balaban J connectivity index is 2.85. The molecule has 0 spiro atoms. The fourth-order valence-corrected chi connectivity index (χ4v) is 1.37. The van der Waals surface area contributed by atoms with Gasteiger partial charge in [0.1, 0.15) is 17.6 Å². The maximum atomic E-state index is 13.5. The highest BCUT2D eigenvalue weighted by molar-refractivity contribution is 5.85. The van der Waals surface area contributed by atoms with E-state index in [1.54, 1.807) is 12.1 Å². The molecule has 0 fully saturated rings. The third kappa shape index (κ3) is 1.17. The number of nitrogens with zero attached hydrogens (tertiary/aromatic N) is 1. The number of phenols is 1. The van der Waals surface area contributed by atoms with E-state index < -0.39 is 5.82 Å². The number of fused-ring (bicyclic) bond motifs is 1. The third-order valence-corrected chi connectivity index (χ3v) is 2.06. The highest BCUT2D eigenvalue weighted by Crippen LogP contribution is 2.24. The molecule has 2 aromatic carbocycles.